The number of carbonyl (C=O) groups excluding carboxylic acids is 1. The standard InChI is InChI=1S/C13H17FOS/c1-3-10(2)8-16-9-13(15)11-4-6-12(14)7-5-11/h4-7,10H,3,8-9H2,1-2H3. The van der Waals surface area contributed by atoms with Gasteiger partial charge in [0.1, 0.15) is 5.82 Å². The molecule has 0 spiro atoms. The summed E-state index contributed by atoms with van der Waals surface area (Å²) < 4.78 is 12.6. The van der Waals surface area contributed by atoms with E-state index >= 15 is 0 Å². The van der Waals surface area contributed by atoms with Gasteiger partial charge >= 0.3 is 0 Å². The minimum Gasteiger partial charge on any atom is -0.293 e. The van der Waals surface area contributed by atoms with Crippen LogP contribution in [0.25, 0.3) is 0 Å². The van der Waals surface area contributed by atoms with Gasteiger partial charge in [-0.1, -0.05) is 20.3 Å². The van der Waals surface area contributed by atoms with E-state index < -0.39 is 0 Å². The second-order valence-corrected chi connectivity index (χ2v) is 4.99. The fourth-order valence-electron chi connectivity index (χ4n) is 1.19. The van der Waals surface area contributed by atoms with Crippen LogP contribution in [-0.4, -0.2) is 17.3 Å². The zero-order chi connectivity index (χ0) is 12.0. The van der Waals surface area contributed by atoms with Crippen LogP contribution in [-0.2, 0) is 0 Å². The molecule has 0 amide bonds. The summed E-state index contributed by atoms with van der Waals surface area (Å²) in [5.74, 6) is 1.91. The summed E-state index contributed by atoms with van der Waals surface area (Å²) in [5.41, 5.74) is 0.595. The van der Waals surface area contributed by atoms with Gasteiger partial charge in [0.25, 0.3) is 0 Å². The lowest BCUT2D eigenvalue weighted by molar-refractivity contribution is 0.102. The molecule has 0 aliphatic carbocycles. The maximum Gasteiger partial charge on any atom is 0.172 e. The number of thioether (sulfide) groups is 1. The molecule has 1 nitrogen and oxygen atoms in total. The molecule has 0 radical (unpaired) electrons. The molecular formula is C13H17FOS. The third-order valence-corrected chi connectivity index (χ3v) is 3.77. The lowest BCUT2D eigenvalue weighted by atomic mass is 10.1. The Morgan fingerprint density at radius 3 is 2.56 bits per heavy atom. The fraction of sp³-hybridized carbons (Fsp3) is 0.462. The number of hydrogen-bond acceptors (Lipinski definition) is 2. The van der Waals surface area contributed by atoms with Crippen molar-refractivity contribution in [2.45, 2.75) is 20.3 Å². The molecule has 0 fully saturated rings. The van der Waals surface area contributed by atoms with Crippen molar-refractivity contribution < 1.29 is 9.18 Å². The summed E-state index contributed by atoms with van der Waals surface area (Å²) in [6.07, 6.45) is 1.14. The zero-order valence-electron chi connectivity index (χ0n) is 9.70. The van der Waals surface area contributed by atoms with Crippen molar-refractivity contribution in [3.8, 4) is 0 Å². The molecule has 1 atom stereocenters. The molecule has 0 bridgehead atoms. The summed E-state index contributed by atoms with van der Waals surface area (Å²) in [5, 5.41) is 0. The zero-order valence-corrected chi connectivity index (χ0v) is 10.5. The Kier molecular flexibility index (Phi) is 5.53. The molecule has 0 aliphatic rings. The molecule has 1 unspecified atom stereocenters. The lowest BCUT2D eigenvalue weighted by Crippen LogP contribution is -2.05. The second kappa shape index (κ2) is 6.69. The number of ketones is 1. The van der Waals surface area contributed by atoms with E-state index in [1.807, 2.05) is 0 Å². The van der Waals surface area contributed by atoms with Gasteiger partial charge in [-0.05, 0) is 35.9 Å². The summed E-state index contributed by atoms with van der Waals surface area (Å²) in [7, 11) is 0. The normalized spacial score (nSPS) is 12.4. The Labute approximate surface area is 100 Å². The molecule has 1 rings (SSSR count). The van der Waals surface area contributed by atoms with E-state index in [1.54, 1.807) is 23.9 Å². The van der Waals surface area contributed by atoms with Gasteiger partial charge in [0.15, 0.2) is 5.78 Å². The van der Waals surface area contributed by atoms with E-state index in [2.05, 4.69) is 13.8 Å². The number of carbonyl (C=O) groups is 1. The van der Waals surface area contributed by atoms with E-state index in [9.17, 15) is 9.18 Å². The first-order valence-corrected chi connectivity index (χ1v) is 6.65. The predicted octanol–water partition coefficient (Wildman–Crippen LogP) is 3.79. The van der Waals surface area contributed by atoms with Crippen molar-refractivity contribution in [1.29, 1.82) is 0 Å². The van der Waals surface area contributed by atoms with Crippen molar-refractivity contribution in [1.82, 2.24) is 0 Å². The fourth-order valence-corrected chi connectivity index (χ4v) is 2.30. The topological polar surface area (TPSA) is 17.1 Å². The first-order chi connectivity index (χ1) is 7.63. The highest BCUT2D eigenvalue weighted by molar-refractivity contribution is 7.99. The van der Waals surface area contributed by atoms with Crippen molar-refractivity contribution in [3.05, 3.63) is 35.6 Å². The highest BCUT2D eigenvalue weighted by atomic mass is 32.2. The first kappa shape index (κ1) is 13.2. The molecule has 0 aromatic heterocycles. The van der Waals surface area contributed by atoms with Crippen LogP contribution in [0.5, 0.6) is 0 Å². The molecule has 3 heteroatoms. The van der Waals surface area contributed by atoms with E-state index in [0.717, 1.165) is 12.2 Å². The van der Waals surface area contributed by atoms with Crippen LogP contribution in [0.2, 0.25) is 0 Å². The summed E-state index contributed by atoms with van der Waals surface area (Å²) in [4.78, 5) is 11.7. The Hall–Kier alpha value is -0.830. The van der Waals surface area contributed by atoms with Crippen LogP contribution in [0.15, 0.2) is 24.3 Å². The Morgan fingerprint density at radius 2 is 2.00 bits per heavy atom. The summed E-state index contributed by atoms with van der Waals surface area (Å²) >= 11 is 1.65. The quantitative estimate of drug-likeness (QED) is 0.704. The Bertz CT molecular complexity index is 334. The molecular weight excluding hydrogens is 223 g/mol. The number of halogens is 1. The Morgan fingerprint density at radius 1 is 1.38 bits per heavy atom. The van der Waals surface area contributed by atoms with Gasteiger partial charge in [0, 0.05) is 5.56 Å². The van der Waals surface area contributed by atoms with Gasteiger partial charge in [0.05, 0.1) is 5.75 Å². The summed E-state index contributed by atoms with van der Waals surface area (Å²) in [6, 6.07) is 5.74. The van der Waals surface area contributed by atoms with E-state index in [1.165, 1.54) is 12.1 Å². The molecule has 88 valence electrons. The number of rotatable bonds is 6. The lowest BCUT2D eigenvalue weighted by Gasteiger charge is -2.06. The van der Waals surface area contributed by atoms with Gasteiger partial charge in [-0.2, -0.15) is 11.8 Å². The number of benzene rings is 1. The van der Waals surface area contributed by atoms with Gasteiger partial charge in [-0.15, -0.1) is 0 Å². The van der Waals surface area contributed by atoms with Crippen molar-refractivity contribution in [2.24, 2.45) is 5.92 Å². The van der Waals surface area contributed by atoms with E-state index in [4.69, 9.17) is 0 Å². The first-order valence-electron chi connectivity index (χ1n) is 5.50. The van der Waals surface area contributed by atoms with Crippen LogP contribution in [0.4, 0.5) is 4.39 Å². The number of Topliss-reactive ketones (excluding diaryl/α,β-unsaturated/α-hetero) is 1. The van der Waals surface area contributed by atoms with Crippen molar-refractivity contribution >= 4 is 17.5 Å². The molecule has 0 saturated heterocycles. The second-order valence-electron chi connectivity index (χ2n) is 3.96. The molecule has 1 aromatic carbocycles. The van der Waals surface area contributed by atoms with Crippen molar-refractivity contribution in [2.75, 3.05) is 11.5 Å². The maximum atomic E-state index is 12.6. The molecule has 1 aromatic rings. The van der Waals surface area contributed by atoms with Crippen LogP contribution < -0.4 is 0 Å². The molecule has 0 heterocycles. The Balaban J connectivity index is 2.38. The largest absolute Gasteiger partial charge is 0.293 e. The molecule has 16 heavy (non-hydrogen) atoms. The van der Waals surface area contributed by atoms with Crippen LogP contribution in [0.1, 0.15) is 30.6 Å². The third-order valence-electron chi connectivity index (χ3n) is 2.50. The molecule has 0 N–H and O–H groups in total. The minimum atomic E-state index is -0.302. The maximum absolute atomic E-state index is 12.6. The average Bonchev–Trinajstić information content (AvgIpc) is 2.29. The monoisotopic (exact) mass is 240 g/mol. The van der Waals surface area contributed by atoms with Gasteiger partial charge in [0.2, 0.25) is 0 Å². The SMILES string of the molecule is CCC(C)CSCC(=O)c1ccc(F)cc1. The molecule has 0 saturated carbocycles. The summed E-state index contributed by atoms with van der Waals surface area (Å²) in [6.45, 7) is 4.32. The van der Waals surface area contributed by atoms with Gasteiger partial charge < -0.3 is 0 Å². The van der Waals surface area contributed by atoms with Gasteiger partial charge in [-0.3, -0.25) is 4.79 Å². The van der Waals surface area contributed by atoms with Gasteiger partial charge in [-0.25, -0.2) is 4.39 Å². The molecule has 0 aliphatic heterocycles. The minimum absolute atomic E-state index is 0.0771. The smallest absolute Gasteiger partial charge is 0.172 e. The van der Waals surface area contributed by atoms with E-state index in [0.29, 0.717) is 17.2 Å². The highest BCUT2D eigenvalue weighted by Crippen LogP contribution is 2.13. The highest BCUT2D eigenvalue weighted by Gasteiger charge is 2.07. The van der Waals surface area contributed by atoms with E-state index in [-0.39, 0.29) is 11.6 Å². The van der Waals surface area contributed by atoms with Crippen LogP contribution in [0.3, 0.4) is 0 Å². The number of hydrogen-bond donors (Lipinski definition) is 0. The third kappa shape index (κ3) is 4.35. The predicted molar refractivity (Wildman–Crippen MR) is 67.5 cm³/mol. The van der Waals surface area contributed by atoms with Crippen molar-refractivity contribution in [3.63, 3.8) is 0 Å². The average molecular weight is 240 g/mol. The van der Waals surface area contributed by atoms with Crippen LogP contribution in [0, 0.1) is 11.7 Å². The van der Waals surface area contributed by atoms with Crippen LogP contribution >= 0.6 is 11.8 Å².